The molecular formula is C42H52N6O6. The second-order valence-corrected chi connectivity index (χ2v) is 15.9. The maximum absolute atomic E-state index is 14.3. The van der Waals surface area contributed by atoms with Crippen LogP contribution in [0.1, 0.15) is 64.2 Å². The molecular weight excluding hydrogens is 684 g/mol. The molecule has 1 fully saturated rings. The zero-order valence-electron chi connectivity index (χ0n) is 32.3. The van der Waals surface area contributed by atoms with Crippen molar-refractivity contribution in [1.82, 2.24) is 30.2 Å². The molecule has 0 aliphatic carbocycles. The third-order valence-electron chi connectivity index (χ3n) is 10.6. The number of aromatic hydroxyl groups is 1. The molecule has 6 rings (SSSR count). The average Bonchev–Trinajstić information content (AvgIpc) is 3.44. The predicted octanol–water partition coefficient (Wildman–Crippen LogP) is 5.17. The maximum Gasteiger partial charge on any atom is 0.324 e. The Labute approximate surface area is 316 Å². The van der Waals surface area contributed by atoms with Gasteiger partial charge >= 0.3 is 5.97 Å². The van der Waals surface area contributed by atoms with Crippen LogP contribution in [0.2, 0.25) is 0 Å². The van der Waals surface area contributed by atoms with Crippen LogP contribution in [0.15, 0.2) is 54.9 Å². The number of cyclic esters (lactones) is 1. The summed E-state index contributed by atoms with van der Waals surface area (Å²) in [6.07, 6.45) is 5.97. The van der Waals surface area contributed by atoms with E-state index in [1.165, 1.54) is 17.0 Å². The van der Waals surface area contributed by atoms with E-state index >= 15 is 0 Å². The summed E-state index contributed by atoms with van der Waals surface area (Å²) in [4.78, 5) is 59.2. The number of rotatable bonds is 7. The summed E-state index contributed by atoms with van der Waals surface area (Å²) in [5, 5.41) is 16.4. The van der Waals surface area contributed by atoms with Crippen LogP contribution in [0, 0.1) is 18.3 Å². The molecule has 3 N–H and O–H groups in total. The standard InChI is InChI=1S/C42H52N6O6/c1-8-47-36-12-11-28-20-31(36)32(38(47)33-22-43-14-13-26(33)4)21-42(5,6)23-54-41(53)34-10-9-15-48(45-34)40(52)35(18-27-16-29(28)19-30(50)17-27)44-39(51)37(25(2)3)46(7)24-49/h11-14,16-17,19-20,22,24-25,34-35,37,45,50H,8-10,15,18,21,23H2,1-7H3,(H,44,51)/t34-,35-,37?/m0/s1. The first-order valence-electron chi connectivity index (χ1n) is 18.8. The van der Waals surface area contributed by atoms with Gasteiger partial charge in [-0.3, -0.25) is 29.2 Å². The molecule has 12 nitrogen and oxygen atoms in total. The zero-order chi connectivity index (χ0) is 38.9. The summed E-state index contributed by atoms with van der Waals surface area (Å²) in [5.74, 6) is -1.58. The lowest BCUT2D eigenvalue weighted by molar-refractivity contribution is -0.155. The van der Waals surface area contributed by atoms with Crippen LogP contribution in [0.4, 0.5) is 0 Å². The lowest BCUT2D eigenvalue weighted by atomic mass is 9.84. The number of amides is 3. The Hall–Kier alpha value is -5.23. The van der Waals surface area contributed by atoms with Crippen LogP contribution in [-0.2, 0) is 43.3 Å². The van der Waals surface area contributed by atoms with Gasteiger partial charge in [-0.05, 0) is 97.2 Å². The minimum Gasteiger partial charge on any atom is -0.508 e. The zero-order valence-corrected chi connectivity index (χ0v) is 32.3. The Morgan fingerprint density at radius 3 is 2.65 bits per heavy atom. The first-order chi connectivity index (χ1) is 25.7. The fraction of sp³-hybridized carbons (Fsp3) is 0.452. The van der Waals surface area contributed by atoms with Gasteiger partial charge in [-0.1, -0.05) is 39.8 Å². The number of pyridine rings is 1. The highest BCUT2D eigenvalue weighted by Crippen LogP contribution is 2.41. The number of nitrogens with one attached hydrogen (secondary N) is 2. The lowest BCUT2D eigenvalue weighted by Gasteiger charge is -2.36. The number of hydrogen-bond acceptors (Lipinski definition) is 8. The van der Waals surface area contributed by atoms with Gasteiger partial charge in [0.25, 0.3) is 5.91 Å². The van der Waals surface area contributed by atoms with Gasteiger partial charge < -0.3 is 24.6 Å². The Bertz CT molecular complexity index is 2070. The van der Waals surface area contributed by atoms with Crippen molar-refractivity contribution in [2.45, 2.75) is 91.9 Å². The fourth-order valence-electron chi connectivity index (χ4n) is 8.01. The highest BCUT2D eigenvalue weighted by Gasteiger charge is 2.37. The molecule has 1 unspecified atom stereocenters. The van der Waals surface area contributed by atoms with E-state index < -0.39 is 41.3 Å². The molecule has 3 amide bonds. The summed E-state index contributed by atoms with van der Waals surface area (Å²) in [7, 11) is 1.53. The van der Waals surface area contributed by atoms with Crippen molar-refractivity contribution in [3.05, 3.63) is 71.5 Å². The van der Waals surface area contributed by atoms with E-state index in [-0.39, 0.29) is 24.7 Å². The van der Waals surface area contributed by atoms with Crippen LogP contribution in [0.5, 0.6) is 5.75 Å². The third-order valence-corrected chi connectivity index (χ3v) is 10.6. The highest BCUT2D eigenvalue weighted by molar-refractivity contribution is 5.95. The third kappa shape index (κ3) is 7.84. The van der Waals surface area contributed by atoms with Gasteiger partial charge in [0.1, 0.15) is 23.9 Å². The number of aromatic nitrogens is 2. The molecule has 0 radical (unpaired) electrons. The van der Waals surface area contributed by atoms with Crippen LogP contribution in [0.25, 0.3) is 33.3 Å². The van der Waals surface area contributed by atoms with E-state index in [0.717, 1.165) is 51.0 Å². The summed E-state index contributed by atoms with van der Waals surface area (Å²) < 4.78 is 8.33. The predicted molar refractivity (Wildman–Crippen MR) is 207 cm³/mol. The number of nitrogens with zero attached hydrogens (tertiary/aromatic N) is 4. The maximum atomic E-state index is 14.3. The minimum absolute atomic E-state index is 0.0216. The number of carbonyl (C=O) groups excluding carboxylic acids is 4. The van der Waals surface area contributed by atoms with Gasteiger partial charge in [0.05, 0.1) is 12.3 Å². The number of hydrazine groups is 1. The van der Waals surface area contributed by atoms with E-state index in [9.17, 15) is 24.3 Å². The second kappa shape index (κ2) is 15.6. The Morgan fingerprint density at radius 2 is 1.94 bits per heavy atom. The number of likely N-dealkylation sites (N-methyl/N-ethyl adjacent to an activating group) is 1. The van der Waals surface area contributed by atoms with Crippen molar-refractivity contribution >= 4 is 35.1 Å². The van der Waals surface area contributed by atoms with Gasteiger partial charge in [-0.15, -0.1) is 0 Å². The summed E-state index contributed by atoms with van der Waals surface area (Å²) >= 11 is 0. The Balaban J connectivity index is 1.52. The first-order valence-corrected chi connectivity index (χ1v) is 18.8. The molecule has 0 spiro atoms. The summed E-state index contributed by atoms with van der Waals surface area (Å²) in [6.45, 7) is 13.2. The Kier molecular flexibility index (Phi) is 11.1. The average molecular weight is 737 g/mol. The number of esters is 1. The number of ether oxygens (including phenoxy) is 1. The lowest BCUT2D eigenvalue weighted by Crippen LogP contribution is -2.61. The van der Waals surface area contributed by atoms with E-state index in [0.29, 0.717) is 37.8 Å². The van der Waals surface area contributed by atoms with Gasteiger partial charge in [0.2, 0.25) is 12.3 Å². The fourth-order valence-corrected chi connectivity index (χ4v) is 8.01. The molecule has 2 aromatic heterocycles. The van der Waals surface area contributed by atoms with Crippen LogP contribution < -0.4 is 10.7 Å². The van der Waals surface area contributed by atoms with Crippen molar-refractivity contribution in [3.63, 3.8) is 0 Å². The van der Waals surface area contributed by atoms with E-state index in [1.807, 2.05) is 38.2 Å². The normalized spacial score (nSPS) is 19.6. The molecule has 1 saturated heterocycles. The number of hydrogen-bond donors (Lipinski definition) is 3. The number of aryl methyl sites for hydroxylation is 2. The SMILES string of the molecule is CCn1c(-c2cnccc2C)c2c3cc(ccc31)-c1cc(O)cc(c1)C[C@H](NC(=O)C(C(C)C)N(C)C=O)C(=O)N1CCC[C@H](N1)C(=O)OCC(C)(C)C2. The monoisotopic (exact) mass is 736 g/mol. The van der Waals surface area contributed by atoms with Gasteiger partial charge in [-0.25, -0.2) is 5.43 Å². The molecule has 2 aliphatic heterocycles. The first kappa shape index (κ1) is 38.5. The summed E-state index contributed by atoms with van der Waals surface area (Å²) in [5.41, 5.74) is 10.2. The van der Waals surface area contributed by atoms with E-state index in [2.05, 4.69) is 60.1 Å². The molecule has 2 aromatic carbocycles. The molecule has 6 bridgehead atoms. The van der Waals surface area contributed by atoms with Crippen LogP contribution >= 0.6 is 0 Å². The topological polar surface area (TPSA) is 146 Å². The van der Waals surface area contributed by atoms with Crippen LogP contribution in [-0.4, -0.2) is 87.1 Å². The molecule has 286 valence electrons. The number of phenols is 1. The molecule has 4 heterocycles. The number of fused-ring (bicyclic) bond motifs is 6. The van der Waals surface area contributed by atoms with Crippen molar-refractivity contribution in [2.24, 2.45) is 11.3 Å². The van der Waals surface area contributed by atoms with Gasteiger partial charge in [-0.2, -0.15) is 0 Å². The van der Waals surface area contributed by atoms with Crippen molar-refractivity contribution in [3.8, 4) is 28.1 Å². The van der Waals surface area contributed by atoms with Crippen molar-refractivity contribution in [1.29, 1.82) is 0 Å². The number of phenolic OH excluding ortho intramolecular Hbond substituents is 1. The van der Waals surface area contributed by atoms with Crippen molar-refractivity contribution in [2.75, 3.05) is 20.2 Å². The molecule has 2 aliphatic rings. The van der Waals surface area contributed by atoms with Crippen LogP contribution in [0.3, 0.4) is 0 Å². The molecule has 0 saturated carbocycles. The summed E-state index contributed by atoms with van der Waals surface area (Å²) in [6, 6.07) is 10.9. The minimum atomic E-state index is -1.08. The Morgan fingerprint density at radius 1 is 1.17 bits per heavy atom. The van der Waals surface area contributed by atoms with Crippen molar-refractivity contribution < 1.29 is 29.0 Å². The van der Waals surface area contributed by atoms with Gasteiger partial charge in [0, 0.05) is 60.8 Å². The molecule has 4 aromatic rings. The second-order valence-electron chi connectivity index (χ2n) is 15.9. The number of benzene rings is 2. The molecule has 54 heavy (non-hydrogen) atoms. The molecule has 3 atom stereocenters. The van der Waals surface area contributed by atoms with E-state index in [1.54, 1.807) is 18.3 Å². The highest BCUT2D eigenvalue weighted by atomic mass is 16.5. The largest absolute Gasteiger partial charge is 0.508 e. The quantitative estimate of drug-likeness (QED) is 0.174. The van der Waals surface area contributed by atoms with E-state index in [4.69, 9.17) is 4.74 Å². The van der Waals surface area contributed by atoms with Gasteiger partial charge in [0.15, 0.2) is 0 Å². The molecule has 12 heteroatoms. The smallest absolute Gasteiger partial charge is 0.324 e. The number of carbonyl (C=O) groups is 4.